The normalized spacial score (nSPS) is 25.0. The molecule has 0 radical (unpaired) electrons. The molecule has 0 bridgehead atoms. The summed E-state index contributed by atoms with van der Waals surface area (Å²) in [6.45, 7) is 9.23. The molecule has 1 amide bonds. The van der Waals surface area contributed by atoms with E-state index in [1.54, 1.807) is 12.1 Å². The van der Waals surface area contributed by atoms with Gasteiger partial charge in [0.25, 0.3) is 5.91 Å². The molecule has 0 spiro atoms. The van der Waals surface area contributed by atoms with Crippen LogP contribution in [0.4, 0.5) is 0 Å². The fraction of sp³-hybridized carbons (Fsp3) is 0.588. The van der Waals surface area contributed by atoms with E-state index in [2.05, 4.69) is 5.32 Å². The number of halogens is 1. The Morgan fingerprint density at radius 2 is 1.92 bits per heavy atom. The van der Waals surface area contributed by atoms with E-state index in [0.29, 0.717) is 23.8 Å². The number of benzene rings is 1. The van der Waals surface area contributed by atoms with Crippen LogP contribution in [0.5, 0.6) is 0 Å². The van der Waals surface area contributed by atoms with E-state index >= 15 is 0 Å². The van der Waals surface area contributed by atoms with Crippen molar-refractivity contribution in [2.24, 2.45) is 0 Å². The second-order valence-corrected chi connectivity index (χ2v) is 7.77. The molecule has 0 saturated carbocycles. The summed E-state index contributed by atoms with van der Waals surface area (Å²) in [6.07, 6.45) is 0.829. The van der Waals surface area contributed by atoms with Crippen molar-refractivity contribution in [2.45, 2.75) is 51.4 Å². The highest BCUT2D eigenvalue weighted by atomic mass is 35.5. The molecule has 130 valence electrons. The monoisotopic (exact) mass is 351 g/mol. The summed E-state index contributed by atoms with van der Waals surface area (Å²) in [5.41, 5.74) is 0.425. The van der Waals surface area contributed by atoms with Crippen LogP contribution in [-0.2, 0) is 14.0 Å². The number of carbonyl (C=O) groups is 1. The lowest BCUT2D eigenvalue weighted by atomic mass is 9.79. The molecule has 3 rings (SSSR count). The number of hydrogen-bond donors (Lipinski definition) is 1. The fourth-order valence-electron chi connectivity index (χ4n) is 2.75. The third kappa shape index (κ3) is 3.33. The van der Waals surface area contributed by atoms with E-state index < -0.39 is 18.3 Å². The van der Waals surface area contributed by atoms with E-state index in [1.165, 1.54) is 0 Å². The number of carbonyl (C=O) groups excluding carboxylic acids is 1. The highest BCUT2D eigenvalue weighted by Gasteiger charge is 2.51. The summed E-state index contributed by atoms with van der Waals surface area (Å²) >= 11 is 6.33. The zero-order chi connectivity index (χ0) is 17.5. The minimum Gasteiger partial charge on any atom is -0.399 e. The molecule has 7 heteroatoms. The average molecular weight is 352 g/mol. The minimum absolute atomic E-state index is 0.0522. The third-order valence-electron chi connectivity index (χ3n) is 5.03. The van der Waals surface area contributed by atoms with Gasteiger partial charge in [-0.05, 0) is 51.7 Å². The SMILES string of the molecule is CC1(C)OB(c2ccc(C(=O)NC3CCOC3)c(Cl)c2)OC1(C)C. The second kappa shape index (κ2) is 6.34. The van der Waals surface area contributed by atoms with Gasteiger partial charge in [-0.15, -0.1) is 0 Å². The highest BCUT2D eigenvalue weighted by Crippen LogP contribution is 2.36. The van der Waals surface area contributed by atoms with Crippen molar-refractivity contribution in [3.05, 3.63) is 28.8 Å². The van der Waals surface area contributed by atoms with E-state index in [4.69, 9.17) is 25.6 Å². The Labute approximate surface area is 148 Å². The maximum absolute atomic E-state index is 12.3. The smallest absolute Gasteiger partial charge is 0.399 e. The molecule has 0 aromatic heterocycles. The molecule has 1 N–H and O–H groups in total. The highest BCUT2D eigenvalue weighted by molar-refractivity contribution is 6.62. The van der Waals surface area contributed by atoms with Crippen LogP contribution in [0.15, 0.2) is 18.2 Å². The Hall–Kier alpha value is -1.08. The predicted molar refractivity (Wildman–Crippen MR) is 93.9 cm³/mol. The first-order valence-electron chi connectivity index (χ1n) is 8.23. The largest absolute Gasteiger partial charge is 0.494 e. The van der Waals surface area contributed by atoms with Crippen molar-refractivity contribution >= 4 is 30.1 Å². The lowest BCUT2D eigenvalue weighted by Crippen LogP contribution is -2.41. The lowest BCUT2D eigenvalue weighted by Gasteiger charge is -2.32. The topological polar surface area (TPSA) is 56.8 Å². The molecule has 1 aromatic carbocycles. The minimum atomic E-state index is -0.493. The van der Waals surface area contributed by atoms with Crippen molar-refractivity contribution in [3.63, 3.8) is 0 Å². The number of ether oxygens (including phenoxy) is 1. The maximum Gasteiger partial charge on any atom is 0.494 e. The van der Waals surface area contributed by atoms with Crippen molar-refractivity contribution in [3.8, 4) is 0 Å². The molecule has 0 aliphatic carbocycles. The van der Waals surface area contributed by atoms with Crippen LogP contribution in [0.25, 0.3) is 0 Å². The van der Waals surface area contributed by atoms with Gasteiger partial charge in [-0.1, -0.05) is 17.7 Å². The van der Waals surface area contributed by atoms with Crippen LogP contribution in [-0.4, -0.2) is 43.5 Å². The predicted octanol–water partition coefficient (Wildman–Crippen LogP) is 2.16. The number of amides is 1. The summed E-state index contributed by atoms with van der Waals surface area (Å²) in [5, 5.41) is 3.33. The van der Waals surface area contributed by atoms with Gasteiger partial charge in [-0.3, -0.25) is 4.79 Å². The second-order valence-electron chi connectivity index (χ2n) is 7.36. The molecule has 24 heavy (non-hydrogen) atoms. The van der Waals surface area contributed by atoms with Gasteiger partial charge in [0.15, 0.2) is 0 Å². The molecule has 1 aromatic rings. The Morgan fingerprint density at radius 1 is 1.25 bits per heavy atom. The van der Waals surface area contributed by atoms with Gasteiger partial charge in [0.05, 0.1) is 34.4 Å². The van der Waals surface area contributed by atoms with Crippen LogP contribution in [0, 0.1) is 0 Å². The van der Waals surface area contributed by atoms with Gasteiger partial charge in [0.2, 0.25) is 0 Å². The summed E-state index contributed by atoms with van der Waals surface area (Å²) in [6, 6.07) is 5.34. The van der Waals surface area contributed by atoms with Crippen molar-refractivity contribution in [1.29, 1.82) is 0 Å². The Bertz CT molecular complexity index is 627. The first-order valence-corrected chi connectivity index (χ1v) is 8.61. The van der Waals surface area contributed by atoms with E-state index in [9.17, 15) is 4.79 Å². The van der Waals surface area contributed by atoms with Gasteiger partial charge in [0, 0.05) is 6.61 Å². The van der Waals surface area contributed by atoms with Crippen LogP contribution in [0.1, 0.15) is 44.5 Å². The van der Waals surface area contributed by atoms with Crippen molar-refractivity contribution in [2.75, 3.05) is 13.2 Å². The standard InChI is InChI=1S/C17H23BClNO4/c1-16(2)17(3,4)24-18(23-16)11-5-6-13(14(19)9-11)15(21)20-12-7-8-22-10-12/h5-6,9,12H,7-8,10H2,1-4H3,(H,20,21). The van der Waals surface area contributed by atoms with Crippen molar-refractivity contribution < 1.29 is 18.8 Å². The lowest BCUT2D eigenvalue weighted by molar-refractivity contribution is 0.00578. The summed E-state index contributed by atoms with van der Waals surface area (Å²) in [5.74, 6) is -0.184. The summed E-state index contributed by atoms with van der Waals surface area (Å²) in [7, 11) is -0.493. The summed E-state index contributed by atoms with van der Waals surface area (Å²) in [4.78, 5) is 12.3. The summed E-state index contributed by atoms with van der Waals surface area (Å²) < 4.78 is 17.3. The molecule has 2 fully saturated rings. The molecule has 2 aliphatic heterocycles. The van der Waals surface area contributed by atoms with E-state index in [1.807, 2.05) is 33.8 Å². The van der Waals surface area contributed by atoms with Crippen LogP contribution in [0.2, 0.25) is 5.02 Å². The molecule has 2 heterocycles. The average Bonchev–Trinajstić information content (AvgIpc) is 3.05. The third-order valence-corrected chi connectivity index (χ3v) is 5.34. The molecular weight excluding hydrogens is 328 g/mol. The first kappa shape index (κ1) is 17.7. The molecule has 2 saturated heterocycles. The molecule has 2 aliphatic rings. The van der Waals surface area contributed by atoms with Gasteiger partial charge in [0.1, 0.15) is 0 Å². The number of nitrogens with one attached hydrogen (secondary N) is 1. The Kier molecular flexibility index (Phi) is 4.68. The van der Waals surface area contributed by atoms with Crippen LogP contribution in [0.3, 0.4) is 0 Å². The zero-order valence-corrected chi connectivity index (χ0v) is 15.3. The fourth-order valence-corrected chi connectivity index (χ4v) is 3.03. The first-order chi connectivity index (χ1) is 11.2. The Balaban J connectivity index is 1.74. The van der Waals surface area contributed by atoms with Crippen LogP contribution >= 0.6 is 11.6 Å². The Morgan fingerprint density at radius 3 is 2.46 bits per heavy atom. The van der Waals surface area contributed by atoms with Gasteiger partial charge < -0.3 is 19.4 Å². The van der Waals surface area contributed by atoms with Crippen molar-refractivity contribution in [1.82, 2.24) is 5.32 Å². The quantitative estimate of drug-likeness (QED) is 0.848. The molecular formula is C17H23BClNO4. The maximum atomic E-state index is 12.3. The van der Waals surface area contributed by atoms with Gasteiger partial charge in [-0.25, -0.2) is 0 Å². The van der Waals surface area contributed by atoms with Crippen LogP contribution < -0.4 is 10.8 Å². The van der Waals surface area contributed by atoms with Gasteiger partial charge in [-0.2, -0.15) is 0 Å². The number of rotatable bonds is 3. The molecule has 1 atom stereocenters. The zero-order valence-electron chi connectivity index (χ0n) is 14.5. The van der Waals surface area contributed by atoms with E-state index in [0.717, 1.165) is 11.9 Å². The van der Waals surface area contributed by atoms with Gasteiger partial charge >= 0.3 is 7.12 Å². The van der Waals surface area contributed by atoms with E-state index in [-0.39, 0.29) is 11.9 Å². The number of hydrogen-bond acceptors (Lipinski definition) is 4. The molecule has 5 nitrogen and oxygen atoms in total. The molecule has 1 unspecified atom stereocenters.